The van der Waals surface area contributed by atoms with E-state index in [1.807, 2.05) is 12.1 Å². The van der Waals surface area contributed by atoms with Crippen molar-refractivity contribution in [1.82, 2.24) is 15.0 Å². The zero-order valence-electron chi connectivity index (χ0n) is 13.6. The van der Waals surface area contributed by atoms with Crippen LogP contribution in [0.2, 0.25) is 0 Å². The highest BCUT2D eigenvalue weighted by Gasteiger charge is 2.28. The van der Waals surface area contributed by atoms with Crippen molar-refractivity contribution in [2.75, 3.05) is 26.8 Å². The lowest BCUT2D eigenvalue weighted by molar-refractivity contribution is 0.0695. The lowest BCUT2D eigenvalue weighted by atomic mass is 9.93. The molecule has 0 unspecified atom stereocenters. The lowest BCUT2D eigenvalue weighted by Gasteiger charge is -2.15. The number of carboxylic acids is 1. The Hall–Kier alpha value is -2.25. The molecule has 24 heavy (non-hydrogen) atoms. The van der Waals surface area contributed by atoms with Crippen molar-refractivity contribution in [2.24, 2.45) is 0 Å². The van der Waals surface area contributed by atoms with Gasteiger partial charge in [-0.3, -0.25) is 4.90 Å². The molecule has 0 amide bonds. The van der Waals surface area contributed by atoms with E-state index in [2.05, 4.69) is 15.0 Å². The van der Waals surface area contributed by atoms with Crippen LogP contribution in [0.5, 0.6) is 0 Å². The number of aromatic carboxylic acids is 1. The van der Waals surface area contributed by atoms with Gasteiger partial charge in [-0.05, 0) is 30.5 Å². The van der Waals surface area contributed by atoms with Crippen LogP contribution in [-0.2, 0) is 17.7 Å². The SMILES string of the molecule is COCCc1noc(CN2CC[C@@H](c3ccccc3C(=O)O)C2)n1. The molecule has 1 aromatic carbocycles. The number of benzene rings is 1. The van der Waals surface area contributed by atoms with E-state index in [0.717, 1.165) is 25.1 Å². The normalized spacial score (nSPS) is 18.1. The molecule has 1 atom stereocenters. The summed E-state index contributed by atoms with van der Waals surface area (Å²) in [6, 6.07) is 7.23. The van der Waals surface area contributed by atoms with Gasteiger partial charge >= 0.3 is 5.97 Å². The summed E-state index contributed by atoms with van der Waals surface area (Å²) in [6.07, 6.45) is 1.56. The number of ether oxygens (including phenoxy) is 1. The highest BCUT2D eigenvalue weighted by atomic mass is 16.5. The van der Waals surface area contributed by atoms with Gasteiger partial charge in [0.15, 0.2) is 5.82 Å². The Morgan fingerprint density at radius 3 is 3.08 bits per heavy atom. The van der Waals surface area contributed by atoms with Gasteiger partial charge in [-0.2, -0.15) is 4.98 Å². The van der Waals surface area contributed by atoms with E-state index >= 15 is 0 Å². The topological polar surface area (TPSA) is 88.7 Å². The van der Waals surface area contributed by atoms with E-state index < -0.39 is 5.97 Å². The first-order chi connectivity index (χ1) is 11.7. The second kappa shape index (κ2) is 7.55. The number of nitrogens with zero attached hydrogens (tertiary/aromatic N) is 3. The summed E-state index contributed by atoms with van der Waals surface area (Å²) in [5.74, 6) is 0.587. The number of likely N-dealkylation sites (tertiary alicyclic amines) is 1. The fraction of sp³-hybridized carbons (Fsp3) is 0.471. The lowest BCUT2D eigenvalue weighted by Crippen LogP contribution is -2.20. The van der Waals surface area contributed by atoms with Crippen molar-refractivity contribution >= 4 is 5.97 Å². The van der Waals surface area contributed by atoms with Crippen LogP contribution in [0.4, 0.5) is 0 Å². The van der Waals surface area contributed by atoms with E-state index in [4.69, 9.17) is 9.26 Å². The third-order valence-electron chi connectivity index (χ3n) is 4.30. The van der Waals surface area contributed by atoms with Gasteiger partial charge in [-0.25, -0.2) is 4.79 Å². The van der Waals surface area contributed by atoms with Crippen molar-refractivity contribution in [1.29, 1.82) is 0 Å². The van der Waals surface area contributed by atoms with E-state index in [1.165, 1.54) is 0 Å². The predicted octanol–water partition coefficient (Wildman–Crippen LogP) is 1.95. The molecule has 2 aromatic rings. The molecule has 1 saturated heterocycles. The smallest absolute Gasteiger partial charge is 0.335 e. The highest BCUT2D eigenvalue weighted by molar-refractivity contribution is 5.89. The number of hydrogen-bond acceptors (Lipinski definition) is 6. The molecule has 2 heterocycles. The summed E-state index contributed by atoms with van der Waals surface area (Å²) in [5, 5.41) is 13.3. The molecule has 0 saturated carbocycles. The van der Waals surface area contributed by atoms with E-state index in [-0.39, 0.29) is 5.92 Å². The summed E-state index contributed by atoms with van der Waals surface area (Å²) >= 11 is 0. The molecule has 7 heteroatoms. The molecule has 0 radical (unpaired) electrons. The minimum absolute atomic E-state index is 0.216. The summed E-state index contributed by atoms with van der Waals surface area (Å²) in [5.41, 5.74) is 1.29. The molecular formula is C17H21N3O4. The Balaban J connectivity index is 1.62. The minimum atomic E-state index is -0.872. The third-order valence-corrected chi connectivity index (χ3v) is 4.30. The number of rotatable bonds is 7. The quantitative estimate of drug-likeness (QED) is 0.829. The Labute approximate surface area is 140 Å². The maximum absolute atomic E-state index is 11.4. The minimum Gasteiger partial charge on any atom is -0.478 e. The Bertz CT molecular complexity index is 701. The average Bonchev–Trinajstić information content (AvgIpc) is 3.23. The molecule has 7 nitrogen and oxygen atoms in total. The summed E-state index contributed by atoms with van der Waals surface area (Å²) in [4.78, 5) is 18.0. The zero-order chi connectivity index (χ0) is 16.9. The molecule has 0 spiro atoms. The zero-order valence-corrected chi connectivity index (χ0v) is 13.6. The number of carboxylic acid groups (broad SMARTS) is 1. The van der Waals surface area contributed by atoms with Crippen LogP contribution in [0, 0.1) is 0 Å². The Morgan fingerprint density at radius 2 is 2.29 bits per heavy atom. The molecule has 1 aliphatic rings. The molecule has 1 aromatic heterocycles. The molecule has 1 N–H and O–H groups in total. The van der Waals surface area contributed by atoms with Crippen LogP contribution in [0.3, 0.4) is 0 Å². The standard InChI is InChI=1S/C17H21N3O4/c1-23-9-7-15-18-16(24-19-15)11-20-8-6-12(10-20)13-4-2-3-5-14(13)17(21)22/h2-5,12H,6-11H2,1H3,(H,21,22)/t12-/m1/s1. The molecule has 128 valence electrons. The number of aromatic nitrogens is 2. The van der Waals surface area contributed by atoms with Crippen LogP contribution >= 0.6 is 0 Å². The molecule has 0 bridgehead atoms. The first-order valence-corrected chi connectivity index (χ1v) is 8.02. The van der Waals surface area contributed by atoms with Crippen molar-refractivity contribution in [2.45, 2.75) is 25.3 Å². The van der Waals surface area contributed by atoms with Crippen LogP contribution in [-0.4, -0.2) is 52.9 Å². The van der Waals surface area contributed by atoms with Crippen molar-refractivity contribution in [3.05, 3.63) is 47.1 Å². The maximum atomic E-state index is 11.4. The van der Waals surface area contributed by atoms with Gasteiger partial charge in [-0.1, -0.05) is 23.4 Å². The molecule has 0 aliphatic carbocycles. The number of carbonyl (C=O) groups is 1. The largest absolute Gasteiger partial charge is 0.478 e. The highest BCUT2D eigenvalue weighted by Crippen LogP contribution is 2.30. The second-order valence-electron chi connectivity index (χ2n) is 5.96. The average molecular weight is 331 g/mol. The predicted molar refractivity (Wildman–Crippen MR) is 85.9 cm³/mol. The van der Waals surface area contributed by atoms with Crippen molar-refractivity contribution in [3.8, 4) is 0 Å². The Kier molecular flexibility index (Phi) is 5.22. The van der Waals surface area contributed by atoms with Gasteiger partial charge in [0, 0.05) is 20.1 Å². The molecular weight excluding hydrogens is 310 g/mol. The second-order valence-corrected chi connectivity index (χ2v) is 5.96. The third kappa shape index (κ3) is 3.80. The van der Waals surface area contributed by atoms with Gasteiger partial charge in [-0.15, -0.1) is 0 Å². The first kappa shape index (κ1) is 16.6. The fourth-order valence-corrected chi connectivity index (χ4v) is 3.12. The van der Waals surface area contributed by atoms with Gasteiger partial charge in [0.1, 0.15) is 0 Å². The van der Waals surface area contributed by atoms with Crippen LogP contribution in [0.1, 0.15) is 40.0 Å². The molecule has 1 aliphatic heterocycles. The van der Waals surface area contributed by atoms with Gasteiger partial charge < -0.3 is 14.4 Å². The maximum Gasteiger partial charge on any atom is 0.335 e. The van der Waals surface area contributed by atoms with Crippen molar-refractivity contribution < 1.29 is 19.2 Å². The summed E-state index contributed by atoms with van der Waals surface area (Å²) in [6.45, 7) is 2.83. The fourth-order valence-electron chi connectivity index (χ4n) is 3.12. The molecule has 1 fully saturated rings. The van der Waals surface area contributed by atoms with E-state index in [0.29, 0.717) is 36.9 Å². The van der Waals surface area contributed by atoms with E-state index in [9.17, 15) is 9.90 Å². The monoisotopic (exact) mass is 331 g/mol. The van der Waals surface area contributed by atoms with Gasteiger partial charge in [0.2, 0.25) is 5.89 Å². The summed E-state index contributed by atoms with van der Waals surface area (Å²) < 4.78 is 10.3. The van der Waals surface area contributed by atoms with Crippen molar-refractivity contribution in [3.63, 3.8) is 0 Å². The molecule has 3 rings (SSSR count). The van der Waals surface area contributed by atoms with Gasteiger partial charge in [0.25, 0.3) is 0 Å². The van der Waals surface area contributed by atoms with Crippen LogP contribution < -0.4 is 0 Å². The van der Waals surface area contributed by atoms with E-state index in [1.54, 1.807) is 19.2 Å². The Morgan fingerprint density at radius 1 is 1.46 bits per heavy atom. The number of methoxy groups -OCH3 is 1. The number of hydrogen-bond donors (Lipinski definition) is 1. The summed E-state index contributed by atoms with van der Waals surface area (Å²) in [7, 11) is 1.64. The van der Waals surface area contributed by atoms with Crippen LogP contribution in [0.15, 0.2) is 28.8 Å². The first-order valence-electron chi connectivity index (χ1n) is 8.02. The van der Waals surface area contributed by atoms with Crippen LogP contribution in [0.25, 0.3) is 0 Å². The van der Waals surface area contributed by atoms with Gasteiger partial charge in [0.05, 0.1) is 18.7 Å².